The van der Waals surface area contributed by atoms with Crippen LogP contribution >= 0.6 is 11.6 Å². The molecule has 0 bridgehead atoms. The van der Waals surface area contributed by atoms with Crippen molar-refractivity contribution in [3.05, 3.63) is 64.3 Å². The fourth-order valence-electron chi connectivity index (χ4n) is 2.37. The van der Waals surface area contributed by atoms with Crippen molar-refractivity contribution >= 4 is 11.6 Å². The Balaban J connectivity index is 1.90. The van der Waals surface area contributed by atoms with Crippen LogP contribution in [0.2, 0.25) is 5.02 Å². The number of nitrogens with zero attached hydrogens (tertiary/aromatic N) is 5. The van der Waals surface area contributed by atoms with E-state index in [0.29, 0.717) is 22.9 Å². The lowest BCUT2D eigenvalue weighted by molar-refractivity contribution is -0.137. The summed E-state index contributed by atoms with van der Waals surface area (Å²) in [6.45, 7) is 3.56. The van der Waals surface area contributed by atoms with Crippen LogP contribution in [0.15, 0.2) is 36.7 Å². The Kier molecular flexibility index (Phi) is 4.47. The van der Waals surface area contributed by atoms with Gasteiger partial charge in [0, 0.05) is 23.2 Å². The molecule has 0 aliphatic heterocycles. The number of hydrogen-bond donors (Lipinski definition) is 0. The molecule has 1 aromatic carbocycles. The van der Waals surface area contributed by atoms with Crippen LogP contribution in [0.5, 0.6) is 0 Å². The van der Waals surface area contributed by atoms with E-state index in [0.717, 1.165) is 12.1 Å². The minimum atomic E-state index is -4.43. The molecule has 1 atom stereocenters. The minimum absolute atomic E-state index is 0.0368. The Bertz CT molecular complexity index is 907. The predicted octanol–water partition coefficient (Wildman–Crippen LogP) is 4.19. The number of rotatable bonds is 3. The Morgan fingerprint density at radius 3 is 2.60 bits per heavy atom. The first-order valence-corrected chi connectivity index (χ1v) is 7.72. The zero-order valence-electron chi connectivity index (χ0n) is 13.3. The monoisotopic (exact) mass is 367 g/mol. The lowest BCUT2D eigenvalue weighted by Crippen LogP contribution is -2.06. The molecule has 25 heavy (non-hydrogen) atoms. The third kappa shape index (κ3) is 3.63. The van der Waals surface area contributed by atoms with Gasteiger partial charge in [-0.25, -0.2) is 14.6 Å². The van der Waals surface area contributed by atoms with E-state index in [1.54, 1.807) is 32.3 Å². The molecule has 0 aliphatic carbocycles. The highest BCUT2D eigenvalue weighted by molar-refractivity contribution is 6.31. The van der Waals surface area contributed by atoms with Crippen molar-refractivity contribution in [2.75, 3.05) is 0 Å². The van der Waals surface area contributed by atoms with Crippen LogP contribution in [0.25, 0.3) is 5.82 Å². The van der Waals surface area contributed by atoms with Gasteiger partial charge in [-0.2, -0.15) is 13.2 Å². The summed E-state index contributed by atoms with van der Waals surface area (Å²) in [5, 5.41) is 8.13. The molecule has 0 N–H and O–H groups in total. The Hall–Kier alpha value is -2.48. The molecule has 0 amide bonds. The van der Waals surface area contributed by atoms with Crippen molar-refractivity contribution < 1.29 is 13.2 Å². The second-order valence-electron chi connectivity index (χ2n) is 5.51. The van der Waals surface area contributed by atoms with Crippen molar-refractivity contribution in [1.29, 1.82) is 0 Å². The third-order valence-electron chi connectivity index (χ3n) is 3.75. The average Bonchev–Trinajstić information content (AvgIpc) is 3.03. The molecule has 2 heterocycles. The lowest BCUT2D eigenvalue weighted by atomic mass is 9.97. The molecule has 0 saturated heterocycles. The van der Waals surface area contributed by atoms with Gasteiger partial charge in [-0.05, 0) is 24.6 Å². The highest BCUT2D eigenvalue weighted by Crippen LogP contribution is 2.35. The van der Waals surface area contributed by atoms with Gasteiger partial charge in [0.1, 0.15) is 5.82 Å². The van der Waals surface area contributed by atoms with Crippen LogP contribution in [0.1, 0.15) is 35.5 Å². The van der Waals surface area contributed by atoms with Crippen LogP contribution in [-0.4, -0.2) is 25.0 Å². The normalized spacial score (nSPS) is 13.0. The SMILES string of the molecule is Cc1nccc(-n2cc([C@@H](C)c3ccc(C(F)(F)F)cc3Cl)nn2)n1. The van der Waals surface area contributed by atoms with Crippen LogP contribution in [0.4, 0.5) is 13.2 Å². The van der Waals surface area contributed by atoms with Gasteiger partial charge in [0.05, 0.1) is 17.5 Å². The largest absolute Gasteiger partial charge is 0.416 e. The molecule has 5 nitrogen and oxygen atoms in total. The number of hydrogen-bond acceptors (Lipinski definition) is 4. The number of aryl methyl sites for hydroxylation is 1. The molecule has 0 radical (unpaired) electrons. The molecule has 9 heteroatoms. The van der Waals surface area contributed by atoms with E-state index in [9.17, 15) is 13.2 Å². The molecule has 3 rings (SSSR count). The molecule has 0 aliphatic rings. The first-order chi connectivity index (χ1) is 11.8. The predicted molar refractivity (Wildman–Crippen MR) is 85.7 cm³/mol. The summed E-state index contributed by atoms with van der Waals surface area (Å²) >= 11 is 6.05. The van der Waals surface area contributed by atoms with Gasteiger partial charge in [-0.1, -0.05) is 29.8 Å². The van der Waals surface area contributed by atoms with E-state index in [1.807, 2.05) is 0 Å². The van der Waals surface area contributed by atoms with E-state index in [2.05, 4.69) is 20.3 Å². The van der Waals surface area contributed by atoms with Crippen molar-refractivity contribution in [3.63, 3.8) is 0 Å². The first-order valence-electron chi connectivity index (χ1n) is 7.34. The van der Waals surface area contributed by atoms with Crippen molar-refractivity contribution in [3.8, 4) is 5.82 Å². The van der Waals surface area contributed by atoms with Gasteiger partial charge in [0.2, 0.25) is 0 Å². The molecule has 2 aromatic heterocycles. The number of aromatic nitrogens is 5. The summed E-state index contributed by atoms with van der Waals surface area (Å²) in [5.41, 5.74) is 0.326. The second-order valence-corrected chi connectivity index (χ2v) is 5.91. The highest BCUT2D eigenvalue weighted by Gasteiger charge is 2.31. The molecular formula is C16H13ClF3N5. The zero-order valence-corrected chi connectivity index (χ0v) is 14.0. The van der Waals surface area contributed by atoms with Crippen LogP contribution in [0, 0.1) is 6.92 Å². The lowest BCUT2D eigenvalue weighted by Gasteiger charge is -2.13. The van der Waals surface area contributed by atoms with Crippen LogP contribution in [-0.2, 0) is 6.18 Å². The number of alkyl halides is 3. The maximum absolute atomic E-state index is 12.8. The topological polar surface area (TPSA) is 56.5 Å². The fraction of sp³-hybridized carbons (Fsp3) is 0.250. The van der Waals surface area contributed by atoms with E-state index < -0.39 is 11.7 Å². The highest BCUT2D eigenvalue weighted by atomic mass is 35.5. The first kappa shape index (κ1) is 17.3. The van der Waals surface area contributed by atoms with Gasteiger partial charge in [0.15, 0.2) is 5.82 Å². The maximum atomic E-state index is 12.8. The van der Waals surface area contributed by atoms with Gasteiger partial charge in [-0.15, -0.1) is 5.10 Å². The second kappa shape index (κ2) is 6.44. The Labute approximate surface area is 146 Å². The Morgan fingerprint density at radius 1 is 1.20 bits per heavy atom. The molecule has 0 spiro atoms. The summed E-state index contributed by atoms with van der Waals surface area (Å²) in [4.78, 5) is 8.26. The minimum Gasteiger partial charge on any atom is -0.242 e. The standard InChI is InChI=1S/C16H13ClF3N5/c1-9(12-4-3-11(7-13(12)17)16(18,19)20)14-8-25(24-23-14)15-5-6-21-10(2)22-15/h3-9H,1-2H3/t9-/m0/s1. The molecule has 0 unspecified atom stereocenters. The maximum Gasteiger partial charge on any atom is 0.416 e. The molecular weight excluding hydrogens is 355 g/mol. The summed E-state index contributed by atoms with van der Waals surface area (Å²) in [6, 6.07) is 4.98. The summed E-state index contributed by atoms with van der Waals surface area (Å²) < 4.78 is 39.7. The number of benzene rings is 1. The van der Waals surface area contributed by atoms with E-state index in [4.69, 9.17) is 11.6 Å². The summed E-state index contributed by atoms with van der Waals surface area (Å²) in [7, 11) is 0. The van der Waals surface area contributed by atoms with Gasteiger partial charge in [-0.3, -0.25) is 0 Å². The van der Waals surface area contributed by atoms with E-state index in [1.165, 1.54) is 10.7 Å². The molecule has 0 saturated carbocycles. The smallest absolute Gasteiger partial charge is 0.242 e. The van der Waals surface area contributed by atoms with Crippen molar-refractivity contribution in [2.45, 2.75) is 25.9 Å². The number of halogens is 4. The quantitative estimate of drug-likeness (QED) is 0.696. The van der Waals surface area contributed by atoms with Crippen molar-refractivity contribution in [1.82, 2.24) is 25.0 Å². The summed E-state index contributed by atoms with van der Waals surface area (Å²) in [6.07, 6.45) is -1.16. The van der Waals surface area contributed by atoms with Gasteiger partial charge >= 0.3 is 6.18 Å². The van der Waals surface area contributed by atoms with Crippen LogP contribution in [0.3, 0.4) is 0 Å². The zero-order chi connectivity index (χ0) is 18.2. The summed E-state index contributed by atoms with van der Waals surface area (Å²) in [5.74, 6) is 0.816. The average molecular weight is 368 g/mol. The molecule has 3 aromatic rings. The van der Waals surface area contributed by atoms with Crippen LogP contribution < -0.4 is 0 Å². The van der Waals surface area contributed by atoms with Gasteiger partial charge in [0.25, 0.3) is 0 Å². The van der Waals surface area contributed by atoms with E-state index in [-0.39, 0.29) is 10.9 Å². The van der Waals surface area contributed by atoms with Gasteiger partial charge < -0.3 is 0 Å². The molecule has 0 fully saturated rings. The van der Waals surface area contributed by atoms with Crippen molar-refractivity contribution in [2.24, 2.45) is 0 Å². The Morgan fingerprint density at radius 2 is 1.96 bits per heavy atom. The third-order valence-corrected chi connectivity index (χ3v) is 4.07. The van der Waals surface area contributed by atoms with E-state index >= 15 is 0 Å². The molecule has 130 valence electrons. The fourth-order valence-corrected chi connectivity index (χ4v) is 2.72.